The fourth-order valence-corrected chi connectivity index (χ4v) is 9.84. The monoisotopic (exact) mass is 858 g/mol. The number of anilines is 5. The molecule has 0 spiro atoms. The van der Waals surface area contributed by atoms with Crippen LogP contribution < -0.4 is 14.5 Å². The third kappa shape index (κ3) is 7.57. The molecule has 1 aliphatic carbocycles. The summed E-state index contributed by atoms with van der Waals surface area (Å²) in [6.07, 6.45) is 7.90. The molecule has 0 radical (unpaired) electrons. The van der Waals surface area contributed by atoms with E-state index in [4.69, 9.17) is 4.74 Å². The van der Waals surface area contributed by atoms with Crippen LogP contribution in [0.4, 0.5) is 28.4 Å². The first kappa shape index (κ1) is 39.9. The molecule has 10 aromatic rings. The molecule has 1 heterocycles. The molecule has 67 heavy (non-hydrogen) atoms. The maximum absolute atomic E-state index is 7.56. The number of ether oxygens (including phenoxy) is 1. The molecule has 1 atom stereocenters. The summed E-state index contributed by atoms with van der Waals surface area (Å²) < 4.78 is 7.56. The Hall–Kier alpha value is -8.66. The average molecular weight is 859 g/mol. The molecule has 2 aliphatic rings. The number of fused-ring (bicyclic) bond motifs is 2. The highest BCUT2D eigenvalue weighted by molar-refractivity contribution is 6.09. The van der Waals surface area contributed by atoms with Gasteiger partial charge in [-0.2, -0.15) is 0 Å². The molecular weight excluding hydrogens is 813 g/mol. The van der Waals surface area contributed by atoms with Crippen molar-refractivity contribution in [1.29, 1.82) is 0 Å². The molecule has 0 aromatic heterocycles. The zero-order valence-corrected chi connectivity index (χ0v) is 36.9. The van der Waals surface area contributed by atoms with E-state index in [9.17, 15) is 0 Å². The van der Waals surface area contributed by atoms with Crippen molar-refractivity contribution < 1.29 is 4.74 Å². The summed E-state index contributed by atoms with van der Waals surface area (Å²) in [6, 6.07) is 86.9. The molecule has 3 nitrogen and oxygen atoms in total. The van der Waals surface area contributed by atoms with E-state index >= 15 is 0 Å². The Morgan fingerprint density at radius 2 is 0.821 bits per heavy atom. The first-order chi connectivity index (χ1) is 33.2. The van der Waals surface area contributed by atoms with Crippen LogP contribution in [-0.2, 0) is 0 Å². The van der Waals surface area contributed by atoms with Gasteiger partial charge in [-0.25, -0.2) is 0 Å². The van der Waals surface area contributed by atoms with Gasteiger partial charge in [0.1, 0.15) is 0 Å². The highest BCUT2D eigenvalue weighted by Gasteiger charge is 2.31. The number of allylic oxidation sites excluding steroid dienone is 3. The second-order valence-corrected chi connectivity index (χ2v) is 17.2. The zero-order chi connectivity index (χ0) is 44.5. The zero-order valence-electron chi connectivity index (χ0n) is 36.9. The SMILES string of the molecule is C1=CC(c2ccccc2)CC=C1N(c1ccc(-c2ccccc2)cc1)c1cccc2c1Oc1c(N(c3ccc(-c4ccccc4)cc3)c3ccc(-c4ccccc4)cc3)ccc3cccc-2c13. The van der Waals surface area contributed by atoms with Gasteiger partial charge in [-0.3, -0.25) is 0 Å². The molecule has 0 amide bonds. The van der Waals surface area contributed by atoms with Crippen molar-refractivity contribution in [2.75, 3.05) is 9.80 Å². The Bertz CT molecular complexity index is 3340. The summed E-state index contributed by atoms with van der Waals surface area (Å²) in [5, 5.41) is 2.22. The van der Waals surface area contributed by atoms with Crippen molar-refractivity contribution in [3.05, 3.63) is 272 Å². The van der Waals surface area contributed by atoms with Gasteiger partial charge < -0.3 is 14.5 Å². The number of hydrogen-bond acceptors (Lipinski definition) is 3. The Labute approximate surface area is 392 Å². The van der Waals surface area contributed by atoms with E-state index in [-0.39, 0.29) is 0 Å². The van der Waals surface area contributed by atoms with Crippen LogP contribution in [0.2, 0.25) is 0 Å². The van der Waals surface area contributed by atoms with Crippen LogP contribution in [-0.4, -0.2) is 0 Å². The molecule has 1 unspecified atom stereocenters. The lowest BCUT2D eigenvalue weighted by Crippen LogP contribution is -2.19. The number of para-hydroxylation sites is 1. The summed E-state index contributed by atoms with van der Waals surface area (Å²) in [5.74, 6) is 1.94. The van der Waals surface area contributed by atoms with Crippen LogP contribution in [0.25, 0.3) is 55.3 Å². The molecule has 0 saturated heterocycles. The van der Waals surface area contributed by atoms with Crippen LogP contribution in [0.3, 0.4) is 0 Å². The van der Waals surface area contributed by atoms with Crippen LogP contribution in [0.5, 0.6) is 11.5 Å². The van der Waals surface area contributed by atoms with Crippen molar-refractivity contribution in [1.82, 2.24) is 0 Å². The fraction of sp³-hybridized carbons (Fsp3) is 0.0312. The highest BCUT2D eigenvalue weighted by Crippen LogP contribution is 2.56. The largest absolute Gasteiger partial charge is 0.452 e. The molecule has 12 rings (SSSR count). The first-order valence-corrected chi connectivity index (χ1v) is 23.1. The van der Waals surface area contributed by atoms with Gasteiger partial charge in [-0.05, 0) is 111 Å². The number of rotatable bonds is 10. The van der Waals surface area contributed by atoms with Crippen LogP contribution in [0, 0.1) is 0 Å². The van der Waals surface area contributed by atoms with Crippen LogP contribution in [0.15, 0.2) is 267 Å². The van der Waals surface area contributed by atoms with E-state index in [2.05, 4.69) is 271 Å². The van der Waals surface area contributed by atoms with E-state index in [0.717, 1.165) is 74.0 Å². The topological polar surface area (TPSA) is 15.7 Å². The summed E-state index contributed by atoms with van der Waals surface area (Å²) >= 11 is 0. The Morgan fingerprint density at radius 1 is 0.358 bits per heavy atom. The second kappa shape index (κ2) is 17.4. The molecular formula is C64H46N2O. The second-order valence-electron chi connectivity index (χ2n) is 17.2. The van der Waals surface area contributed by atoms with Gasteiger partial charge in [-0.1, -0.05) is 206 Å². The summed E-state index contributed by atoms with van der Waals surface area (Å²) in [7, 11) is 0. The molecule has 0 N–H and O–H groups in total. The van der Waals surface area contributed by atoms with Crippen molar-refractivity contribution in [3.8, 4) is 56.0 Å². The Balaban J connectivity index is 1.01. The quantitative estimate of drug-likeness (QED) is 0.136. The third-order valence-electron chi connectivity index (χ3n) is 13.2. The van der Waals surface area contributed by atoms with Gasteiger partial charge >= 0.3 is 0 Å². The van der Waals surface area contributed by atoms with Crippen molar-refractivity contribution in [2.45, 2.75) is 12.3 Å². The van der Waals surface area contributed by atoms with Gasteiger partial charge in [0.2, 0.25) is 0 Å². The van der Waals surface area contributed by atoms with Gasteiger partial charge in [0.05, 0.1) is 11.4 Å². The highest BCUT2D eigenvalue weighted by atomic mass is 16.5. The van der Waals surface area contributed by atoms with E-state index in [1.807, 2.05) is 0 Å². The number of benzene rings is 10. The van der Waals surface area contributed by atoms with Crippen molar-refractivity contribution >= 4 is 39.2 Å². The molecule has 1 aliphatic heterocycles. The number of hydrogen-bond donors (Lipinski definition) is 0. The minimum Gasteiger partial charge on any atom is -0.452 e. The average Bonchev–Trinajstić information content (AvgIpc) is 3.41. The molecule has 0 bridgehead atoms. The van der Waals surface area contributed by atoms with Gasteiger partial charge in [-0.15, -0.1) is 0 Å². The standard InChI is InChI=1S/C64H46N2O/c1-5-15-45(16-6-1)49-27-36-54(37-28-49)65(55-38-29-50(30-39-55)46-17-7-2-8-18-46)60-26-14-25-59-58-24-13-23-53-35-44-61(64(62(53)58)67-63(59)60)66(56-40-31-51(32-41-56)47-19-9-3-10-20-47)57-42-33-52(34-43-57)48-21-11-4-12-22-48/h1-29,31-44,50H,30H2. The van der Waals surface area contributed by atoms with E-state index in [1.54, 1.807) is 0 Å². The maximum atomic E-state index is 7.56. The minimum absolute atomic E-state index is 0.301. The van der Waals surface area contributed by atoms with E-state index in [0.29, 0.717) is 5.92 Å². The predicted molar refractivity (Wildman–Crippen MR) is 280 cm³/mol. The summed E-state index contributed by atoms with van der Waals surface area (Å²) in [4.78, 5) is 4.72. The van der Waals surface area contributed by atoms with E-state index in [1.165, 1.54) is 38.9 Å². The summed E-state index contributed by atoms with van der Waals surface area (Å²) in [5.41, 5.74) is 16.8. The first-order valence-electron chi connectivity index (χ1n) is 23.1. The van der Waals surface area contributed by atoms with Gasteiger partial charge in [0.15, 0.2) is 11.5 Å². The Morgan fingerprint density at radius 3 is 1.34 bits per heavy atom. The molecule has 10 aromatic carbocycles. The van der Waals surface area contributed by atoms with Gasteiger partial charge in [0, 0.05) is 39.6 Å². The molecule has 3 heteroatoms. The van der Waals surface area contributed by atoms with Crippen LogP contribution >= 0.6 is 0 Å². The van der Waals surface area contributed by atoms with Crippen molar-refractivity contribution in [2.24, 2.45) is 0 Å². The molecule has 318 valence electrons. The van der Waals surface area contributed by atoms with Gasteiger partial charge in [0.25, 0.3) is 0 Å². The smallest absolute Gasteiger partial charge is 0.160 e. The predicted octanol–water partition coefficient (Wildman–Crippen LogP) is 17.8. The lowest BCUT2D eigenvalue weighted by atomic mass is 9.90. The van der Waals surface area contributed by atoms with Crippen LogP contribution in [0.1, 0.15) is 17.9 Å². The Kier molecular flexibility index (Phi) is 10.3. The molecule has 0 saturated carbocycles. The number of nitrogens with zero attached hydrogens (tertiary/aromatic N) is 2. The minimum atomic E-state index is 0.301. The lowest BCUT2D eigenvalue weighted by Gasteiger charge is -2.34. The third-order valence-corrected chi connectivity index (χ3v) is 13.2. The fourth-order valence-electron chi connectivity index (χ4n) is 9.84. The lowest BCUT2D eigenvalue weighted by molar-refractivity contribution is 0.489. The normalized spacial score (nSPS) is 13.6. The van der Waals surface area contributed by atoms with Crippen molar-refractivity contribution in [3.63, 3.8) is 0 Å². The molecule has 0 fully saturated rings. The summed E-state index contributed by atoms with van der Waals surface area (Å²) in [6.45, 7) is 0. The van der Waals surface area contributed by atoms with E-state index < -0.39 is 0 Å². The maximum Gasteiger partial charge on any atom is 0.160 e.